The topological polar surface area (TPSA) is 90.6 Å². The van der Waals surface area contributed by atoms with E-state index in [2.05, 4.69) is 5.32 Å². The first kappa shape index (κ1) is 16.4. The smallest absolute Gasteiger partial charge is 0.411 e. The minimum absolute atomic E-state index is 0.163. The molecule has 6 heteroatoms. The average Bonchev–Trinajstić information content (AvgIpc) is 2.53. The fourth-order valence-electron chi connectivity index (χ4n) is 1.79. The fraction of sp³-hybridized carbons (Fsp3) is 0.176. The highest BCUT2D eigenvalue weighted by atomic mass is 16.5. The molecule has 0 heterocycles. The summed E-state index contributed by atoms with van der Waals surface area (Å²) in [4.78, 5) is 22.5. The second-order valence-electron chi connectivity index (χ2n) is 4.92. The van der Waals surface area contributed by atoms with Gasteiger partial charge in [0.1, 0.15) is 13.2 Å². The van der Waals surface area contributed by atoms with Crippen LogP contribution in [0.3, 0.4) is 0 Å². The summed E-state index contributed by atoms with van der Waals surface area (Å²) in [6, 6.07) is 14.0. The number of rotatable bonds is 5. The van der Waals surface area contributed by atoms with E-state index in [9.17, 15) is 9.59 Å². The monoisotopic (exact) mass is 314 g/mol. The van der Waals surface area contributed by atoms with Gasteiger partial charge in [0, 0.05) is 18.3 Å². The van der Waals surface area contributed by atoms with Crippen LogP contribution in [0.2, 0.25) is 0 Å². The Labute approximate surface area is 134 Å². The van der Waals surface area contributed by atoms with E-state index >= 15 is 0 Å². The van der Waals surface area contributed by atoms with E-state index < -0.39 is 6.09 Å². The third-order valence-corrected chi connectivity index (χ3v) is 2.99. The van der Waals surface area contributed by atoms with Gasteiger partial charge in [-0.25, -0.2) is 4.79 Å². The van der Waals surface area contributed by atoms with Crippen molar-refractivity contribution in [3.05, 3.63) is 59.7 Å². The molecule has 0 fully saturated rings. The molecular weight excluding hydrogens is 296 g/mol. The maximum Gasteiger partial charge on any atom is 0.411 e. The fourth-order valence-corrected chi connectivity index (χ4v) is 1.79. The third-order valence-electron chi connectivity index (χ3n) is 2.99. The summed E-state index contributed by atoms with van der Waals surface area (Å²) in [7, 11) is 0. The van der Waals surface area contributed by atoms with Gasteiger partial charge in [-0.3, -0.25) is 10.1 Å². The number of nitrogen functional groups attached to an aromatic ring is 1. The van der Waals surface area contributed by atoms with Crippen LogP contribution < -0.4 is 11.1 Å². The predicted molar refractivity (Wildman–Crippen MR) is 86.6 cm³/mol. The van der Waals surface area contributed by atoms with Crippen molar-refractivity contribution in [2.45, 2.75) is 20.1 Å². The Bertz CT molecular complexity index is 666. The second-order valence-corrected chi connectivity index (χ2v) is 4.92. The van der Waals surface area contributed by atoms with Crippen molar-refractivity contribution >= 4 is 23.4 Å². The molecule has 0 aliphatic carbocycles. The van der Waals surface area contributed by atoms with E-state index in [0.717, 1.165) is 11.1 Å². The molecule has 6 nitrogen and oxygen atoms in total. The number of benzene rings is 2. The molecule has 0 atom stereocenters. The zero-order valence-corrected chi connectivity index (χ0v) is 12.7. The highest BCUT2D eigenvalue weighted by Gasteiger charge is 2.04. The lowest BCUT2D eigenvalue weighted by Gasteiger charge is -2.08. The van der Waals surface area contributed by atoms with Crippen LogP contribution in [0.15, 0.2) is 48.5 Å². The van der Waals surface area contributed by atoms with Crippen LogP contribution in [0.25, 0.3) is 0 Å². The number of ether oxygens (including phenoxy) is 2. The number of hydrogen-bond acceptors (Lipinski definition) is 5. The summed E-state index contributed by atoms with van der Waals surface area (Å²) in [5.74, 6) is -0.335. The van der Waals surface area contributed by atoms with E-state index in [1.807, 2.05) is 0 Å². The first-order valence-corrected chi connectivity index (χ1v) is 7.03. The highest BCUT2D eigenvalue weighted by Crippen LogP contribution is 2.12. The molecule has 23 heavy (non-hydrogen) atoms. The van der Waals surface area contributed by atoms with Crippen LogP contribution in [0.5, 0.6) is 0 Å². The summed E-state index contributed by atoms with van der Waals surface area (Å²) in [5, 5.41) is 2.62. The quantitative estimate of drug-likeness (QED) is 0.654. The molecule has 0 saturated heterocycles. The molecule has 2 rings (SSSR count). The Kier molecular flexibility index (Phi) is 5.57. The number of anilines is 2. The molecule has 0 radical (unpaired) electrons. The van der Waals surface area contributed by atoms with Crippen molar-refractivity contribution in [2.75, 3.05) is 11.1 Å². The lowest BCUT2D eigenvalue weighted by molar-refractivity contribution is -0.142. The van der Waals surface area contributed by atoms with E-state index in [4.69, 9.17) is 15.2 Å². The largest absolute Gasteiger partial charge is 0.461 e. The number of carbonyl (C=O) groups is 2. The van der Waals surface area contributed by atoms with E-state index in [1.54, 1.807) is 48.5 Å². The standard InChI is InChI=1S/C17H18N2O4/c1-12(20)22-10-14-4-8-16(9-5-14)19-17(21)23-11-13-2-6-15(18)7-3-13/h2-9H,10-11,18H2,1H3,(H,19,21). The van der Waals surface area contributed by atoms with Gasteiger partial charge in [0.15, 0.2) is 0 Å². The molecule has 0 saturated carbocycles. The summed E-state index contributed by atoms with van der Waals surface area (Å²) >= 11 is 0. The lowest BCUT2D eigenvalue weighted by atomic mass is 10.2. The molecular formula is C17H18N2O4. The van der Waals surface area contributed by atoms with Gasteiger partial charge in [-0.15, -0.1) is 0 Å². The Morgan fingerprint density at radius 2 is 1.43 bits per heavy atom. The molecule has 0 aromatic heterocycles. The van der Waals surface area contributed by atoms with Gasteiger partial charge in [0.2, 0.25) is 0 Å². The van der Waals surface area contributed by atoms with Gasteiger partial charge >= 0.3 is 12.1 Å². The molecule has 0 aliphatic rings. The van der Waals surface area contributed by atoms with Crippen molar-refractivity contribution in [1.29, 1.82) is 0 Å². The van der Waals surface area contributed by atoms with Crippen molar-refractivity contribution in [3.63, 3.8) is 0 Å². The van der Waals surface area contributed by atoms with Crippen LogP contribution in [-0.2, 0) is 27.5 Å². The van der Waals surface area contributed by atoms with Crippen LogP contribution in [0.1, 0.15) is 18.1 Å². The molecule has 120 valence electrons. The number of carbonyl (C=O) groups excluding carboxylic acids is 2. The SMILES string of the molecule is CC(=O)OCc1ccc(NC(=O)OCc2ccc(N)cc2)cc1. The lowest BCUT2D eigenvalue weighted by Crippen LogP contribution is -2.13. The molecule has 2 aromatic carbocycles. The van der Waals surface area contributed by atoms with E-state index in [1.165, 1.54) is 6.92 Å². The summed E-state index contributed by atoms with van der Waals surface area (Å²) in [6.45, 7) is 1.72. The van der Waals surface area contributed by atoms with Crippen molar-refractivity contribution in [1.82, 2.24) is 0 Å². The van der Waals surface area contributed by atoms with Gasteiger partial charge in [-0.05, 0) is 35.4 Å². The van der Waals surface area contributed by atoms with Gasteiger partial charge in [-0.1, -0.05) is 24.3 Å². The number of nitrogens with one attached hydrogen (secondary N) is 1. The van der Waals surface area contributed by atoms with Crippen LogP contribution in [0.4, 0.5) is 16.2 Å². The van der Waals surface area contributed by atoms with Crippen LogP contribution in [-0.4, -0.2) is 12.1 Å². The maximum absolute atomic E-state index is 11.7. The Morgan fingerprint density at radius 3 is 2.00 bits per heavy atom. The zero-order valence-electron chi connectivity index (χ0n) is 12.7. The Hall–Kier alpha value is -3.02. The van der Waals surface area contributed by atoms with E-state index in [0.29, 0.717) is 11.4 Å². The Balaban J connectivity index is 1.80. The zero-order chi connectivity index (χ0) is 16.7. The number of esters is 1. The first-order valence-electron chi connectivity index (χ1n) is 7.03. The molecule has 0 bridgehead atoms. The maximum atomic E-state index is 11.7. The summed E-state index contributed by atoms with van der Waals surface area (Å²) in [6.07, 6.45) is -0.547. The molecule has 0 spiro atoms. The number of hydrogen-bond donors (Lipinski definition) is 2. The Morgan fingerprint density at radius 1 is 0.913 bits per heavy atom. The minimum Gasteiger partial charge on any atom is -0.461 e. The van der Waals surface area contributed by atoms with Gasteiger partial charge < -0.3 is 15.2 Å². The molecule has 0 aliphatic heterocycles. The molecule has 1 amide bonds. The normalized spacial score (nSPS) is 9.96. The van der Waals surface area contributed by atoms with Crippen molar-refractivity contribution in [3.8, 4) is 0 Å². The number of amides is 1. The predicted octanol–water partition coefficient (Wildman–Crippen LogP) is 3.08. The highest BCUT2D eigenvalue weighted by molar-refractivity contribution is 5.84. The van der Waals surface area contributed by atoms with Gasteiger partial charge in [-0.2, -0.15) is 0 Å². The molecule has 0 unspecified atom stereocenters. The molecule has 2 aromatic rings. The van der Waals surface area contributed by atoms with Gasteiger partial charge in [0.05, 0.1) is 0 Å². The average molecular weight is 314 g/mol. The van der Waals surface area contributed by atoms with Crippen molar-refractivity contribution in [2.24, 2.45) is 0 Å². The molecule has 3 N–H and O–H groups in total. The summed E-state index contributed by atoms with van der Waals surface area (Å²) in [5.41, 5.74) is 8.53. The minimum atomic E-state index is -0.547. The van der Waals surface area contributed by atoms with Crippen molar-refractivity contribution < 1.29 is 19.1 Å². The third kappa shape index (κ3) is 5.70. The van der Waals surface area contributed by atoms with Crippen LogP contribution >= 0.6 is 0 Å². The number of nitrogens with two attached hydrogens (primary N) is 1. The summed E-state index contributed by atoms with van der Waals surface area (Å²) < 4.78 is 10.0. The van der Waals surface area contributed by atoms with Crippen LogP contribution in [0, 0.1) is 0 Å². The van der Waals surface area contributed by atoms with E-state index in [-0.39, 0.29) is 19.2 Å². The van der Waals surface area contributed by atoms with Gasteiger partial charge in [0.25, 0.3) is 0 Å². The first-order chi connectivity index (χ1) is 11.0. The second kappa shape index (κ2) is 7.84.